The van der Waals surface area contributed by atoms with Crippen molar-refractivity contribution in [3.63, 3.8) is 0 Å². The largest absolute Gasteiger partial charge is 0.494 e. The van der Waals surface area contributed by atoms with Gasteiger partial charge in [0.05, 0.1) is 11.1 Å². The van der Waals surface area contributed by atoms with Crippen LogP contribution in [0.3, 0.4) is 0 Å². The number of H-pyrrole nitrogens is 1. The van der Waals surface area contributed by atoms with Crippen molar-refractivity contribution < 1.29 is 4.74 Å². The highest BCUT2D eigenvalue weighted by atomic mass is 79.9. The first kappa shape index (κ1) is 14.8. The Morgan fingerprint density at radius 2 is 2.09 bits per heavy atom. The monoisotopic (exact) mass is 361 g/mol. The van der Waals surface area contributed by atoms with Crippen molar-refractivity contribution in [2.45, 2.75) is 19.8 Å². The molecule has 0 spiro atoms. The second-order valence-electron chi connectivity index (χ2n) is 5.03. The molecule has 22 heavy (non-hydrogen) atoms. The lowest BCUT2D eigenvalue weighted by Gasteiger charge is -2.07. The predicted molar refractivity (Wildman–Crippen MR) is 88.5 cm³/mol. The third kappa shape index (κ3) is 2.92. The van der Waals surface area contributed by atoms with E-state index in [1.54, 1.807) is 6.20 Å². The number of halogens is 1. The summed E-state index contributed by atoms with van der Waals surface area (Å²) >= 11 is 3.38. The van der Waals surface area contributed by atoms with Crippen molar-refractivity contribution in [3.8, 4) is 5.75 Å². The second kappa shape index (κ2) is 6.36. The normalized spacial score (nSPS) is 11.0. The van der Waals surface area contributed by atoms with E-state index in [1.807, 2.05) is 37.3 Å². The van der Waals surface area contributed by atoms with Gasteiger partial charge in [0.15, 0.2) is 5.65 Å². The van der Waals surface area contributed by atoms with E-state index >= 15 is 0 Å². The van der Waals surface area contributed by atoms with Gasteiger partial charge >= 0.3 is 0 Å². The lowest BCUT2D eigenvalue weighted by molar-refractivity contribution is 0.310. The highest BCUT2D eigenvalue weighted by Crippen LogP contribution is 2.15. The van der Waals surface area contributed by atoms with E-state index < -0.39 is 0 Å². The maximum absolute atomic E-state index is 12.5. The molecule has 2 heterocycles. The van der Waals surface area contributed by atoms with E-state index in [-0.39, 0.29) is 5.56 Å². The molecule has 1 aromatic carbocycles. The molecule has 3 aromatic rings. The zero-order valence-corrected chi connectivity index (χ0v) is 13.8. The topological polar surface area (TPSA) is 59.4 Å². The number of hydrogen-bond donors (Lipinski definition) is 1. The average Bonchev–Trinajstić information content (AvgIpc) is 2.89. The molecule has 1 N–H and O–H groups in total. The fraction of sp³-hybridized carbons (Fsp3) is 0.250. The van der Waals surface area contributed by atoms with Crippen molar-refractivity contribution in [3.05, 3.63) is 62.6 Å². The first-order valence-corrected chi connectivity index (χ1v) is 7.89. The number of fused-ring (bicyclic) bond motifs is 1. The zero-order valence-electron chi connectivity index (χ0n) is 12.2. The Hall–Kier alpha value is -2.08. The molecule has 114 valence electrons. The van der Waals surface area contributed by atoms with Crippen LogP contribution in [0, 0.1) is 6.92 Å². The fourth-order valence-corrected chi connectivity index (χ4v) is 2.74. The van der Waals surface area contributed by atoms with E-state index in [9.17, 15) is 4.79 Å². The molecule has 6 heteroatoms. The summed E-state index contributed by atoms with van der Waals surface area (Å²) in [4.78, 5) is 16.9. The molecule has 0 amide bonds. The summed E-state index contributed by atoms with van der Waals surface area (Å²) in [6.45, 7) is 2.44. The van der Waals surface area contributed by atoms with E-state index in [0.29, 0.717) is 18.7 Å². The summed E-state index contributed by atoms with van der Waals surface area (Å²) in [6.07, 6.45) is 3.12. The Balaban J connectivity index is 1.70. The maximum Gasteiger partial charge on any atom is 0.276 e. The number of benzene rings is 1. The lowest BCUT2D eigenvalue weighted by Crippen LogP contribution is -2.22. The Bertz CT molecular complexity index is 840. The maximum atomic E-state index is 12.5. The highest BCUT2D eigenvalue weighted by molar-refractivity contribution is 9.10. The zero-order chi connectivity index (χ0) is 15.5. The van der Waals surface area contributed by atoms with Crippen LogP contribution in [0.5, 0.6) is 5.75 Å². The van der Waals surface area contributed by atoms with E-state index in [0.717, 1.165) is 27.9 Å². The van der Waals surface area contributed by atoms with Crippen molar-refractivity contribution >= 4 is 21.6 Å². The SMILES string of the molecule is Cc1nc2c(Br)c[nH]n2c(=O)c1CCCOc1ccccc1. The number of ether oxygens (including phenoxy) is 1. The Labute approximate surface area is 136 Å². The van der Waals surface area contributed by atoms with Gasteiger partial charge in [-0.15, -0.1) is 0 Å². The number of nitrogens with one attached hydrogen (secondary N) is 1. The van der Waals surface area contributed by atoms with Gasteiger partial charge in [-0.25, -0.2) is 9.50 Å². The average molecular weight is 362 g/mol. The first-order chi connectivity index (χ1) is 10.7. The highest BCUT2D eigenvalue weighted by Gasteiger charge is 2.12. The third-order valence-corrected chi connectivity index (χ3v) is 4.08. The number of hydrogen-bond acceptors (Lipinski definition) is 3. The van der Waals surface area contributed by atoms with Gasteiger partial charge in [0.25, 0.3) is 5.56 Å². The van der Waals surface area contributed by atoms with Crippen LogP contribution in [0.4, 0.5) is 0 Å². The number of aryl methyl sites for hydroxylation is 1. The standard InChI is InChI=1S/C16H16BrN3O2/c1-11-13(8-5-9-22-12-6-3-2-4-7-12)16(21)20-15(19-11)14(17)10-18-20/h2-4,6-7,10,18H,5,8-9H2,1H3. The van der Waals surface area contributed by atoms with Crippen LogP contribution in [0.2, 0.25) is 0 Å². The third-order valence-electron chi connectivity index (χ3n) is 3.50. The van der Waals surface area contributed by atoms with Crippen molar-refractivity contribution in [2.24, 2.45) is 0 Å². The molecule has 0 saturated carbocycles. The van der Waals surface area contributed by atoms with Crippen LogP contribution in [-0.4, -0.2) is 21.2 Å². The minimum absolute atomic E-state index is 0.0482. The van der Waals surface area contributed by atoms with Crippen molar-refractivity contribution in [1.82, 2.24) is 14.6 Å². The van der Waals surface area contributed by atoms with E-state index in [1.165, 1.54) is 4.52 Å². The molecular formula is C16H16BrN3O2. The van der Waals surface area contributed by atoms with Gasteiger partial charge in [-0.1, -0.05) is 18.2 Å². The van der Waals surface area contributed by atoms with Gasteiger partial charge in [0, 0.05) is 17.5 Å². The molecule has 0 atom stereocenters. The molecule has 0 fully saturated rings. The van der Waals surface area contributed by atoms with Crippen molar-refractivity contribution in [2.75, 3.05) is 6.61 Å². The van der Waals surface area contributed by atoms with Crippen LogP contribution < -0.4 is 10.3 Å². The van der Waals surface area contributed by atoms with Crippen LogP contribution in [0.25, 0.3) is 5.65 Å². The molecule has 0 aliphatic rings. The number of nitrogens with zero attached hydrogens (tertiary/aromatic N) is 2. The quantitative estimate of drug-likeness (QED) is 0.710. The lowest BCUT2D eigenvalue weighted by atomic mass is 10.1. The fourth-order valence-electron chi connectivity index (χ4n) is 2.37. The molecule has 0 unspecified atom stereocenters. The Kier molecular flexibility index (Phi) is 4.29. The smallest absolute Gasteiger partial charge is 0.276 e. The summed E-state index contributed by atoms with van der Waals surface area (Å²) in [5.74, 6) is 0.845. The molecule has 0 bridgehead atoms. The van der Waals surface area contributed by atoms with Crippen LogP contribution in [-0.2, 0) is 6.42 Å². The molecule has 0 radical (unpaired) electrons. The van der Waals surface area contributed by atoms with Crippen LogP contribution in [0.15, 0.2) is 45.8 Å². The summed E-state index contributed by atoms with van der Waals surface area (Å²) in [5, 5.41) is 2.90. The van der Waals surface area contributed by atoms with Gasteiger partial charge < -0.3 is 4.74 Å². The molecular weight excluding hydrogens is 346 g/mol. The predicted octanol–water partition coefficient (Wildman–Crippen LogP) is 3.11. The van der Waals surface area contributed by atoms with Crippen LogP contribution >= 0.6 is 15.9 Å². The molecule has 2 aromatic heterocycles. The van der Waals surface area contributed by atoms with Gasteiger partial charge in [-0.3, -0.25) is 9.89 Å². The van der Waals surface area contributed by atoms with E-state index in [2.05, 4.69) is 26.0 Å². The Morgan fingerprint density at radius 3 is 2.86 bits per heavy atom. The van der Waals surface area contributed by atoms with Gasteiger partial charge in [0.1, 0.15) is 5.75 Å². The summed E-state index contributed by atoms with van der Waals surface area (Å²) < 4.78 is 7.90. The van der Waals surface area contributed by atoms with Gasteiger partial charge in [-0.05, 0) is 47.8 Å². The Morgan fingerprint density at radius 1 is 1.32 bits per heavy atom. The van der Waals surface area contributed by atoms with Gasteiger partial charge in [-0.2, -0.15) is 0 Å². The minimum Gasteiger partial charge on any atom is -0.494 e. The number of aromatic nitrogens is 3. The van der Waals surface area contributed by atoms with Gasteiger partial charge in [0.2, 0.25) is 0 Å². The summed E-state index contributed by atoms with van der Waals surface area (Å²) in [5.41, 5.74) is 2.06. The molecule has 0 aliphatic carbocycles. The minimum atomic E-state index is -0.0482. The number of rotatable bonds is 5. The number of aromatic amines is 1. The summed E-state index contributed by atoms with van der Waals surface area (Å²) in [7, 11) is 0. The number of para-hydroxylation sites is 1. The molecule has 3 rings (SSSR count). The first-order valence-electron chi connectivity index (χ1n) is 7.10. The molecule has 0 saturated heterocycles. The summed E-state index contributed by atoms with van der Waals surface area (Å²) in [6, 6.07) is 9.67. The van der Waals surface area contributed by atoms with E-state index in [4.69, 9.17) is 4.74 Å². The van der Waals surface area contributed by atoms with Crippen molar-refractivity contribution in [1.29, 1.82) is 0 Å². The molecule has 5 nitrogen and oxygen atoms in total. The van der Waals surface area contributed by atoms with Crippen LogP contribution in [0.1, 0.15) is 17.7 Å². The molecule has 0 aliphatic heterocycles. The second-order valence-corrected chi connectivity index (χ2v) is 5.88.